The summed E-state index contributed by atoms with van der Waals surface area (Å²) in [6.45, 7) is 3.91. The lowest BCUT2D eigenvalue weighted by atomic mass is 10.00. The van der Waals surface area contributed by atoms with Crippen molar-refractivity contribution in [2.75, 3.05) is 6.61 Å². The first kappa shape index (κ1) is 10.5. The first-order valence-electron chi connectivity index (χ1n) is 5.14. The molecule has 0 aliphatic carbocycles. The highest BCUT2D eigenvalue weighted by atomic mass is 16.3. The molecule has 1 aliphatic rings. The molecule has 0 fully saturated rings. The lowest BCUT2D eigenvalue weighted by molar-refractivity contribution is 0.256. The molecule has 2 nitrogen and oxygen atoms in total. The van der Waals surface area contributed by atoms with Gasteiger partial charge in [-0.3, -0.25) is 4.99 Å². The van der Waals surface area contributed by atoms with Crippen molar-refractivity contribution in [3.8, 4) is 0 Å². The molecule has 0 aromatic carbocycles. The van der Waals surface area contributed by atoms with Crippen LogP contribution >= 0.6 is 0 Å². The number of aliphatic hydroxyl groups excluding tert-OH is 1. The summed E-state index contributed by atoms with van der Waals surface area (Å²) in [6.07, 6.45) is 8.64. The number of aliphatic hydroxyl groups is 1. The number of nitrogens with zero attached hydrogens (tertiary/aromatic N) is 1. The van der Waals surface area contributed by atoms with E-state index in [4.69, 9.17) is 5.11 Å². The second-order valence-electron chi connectivity index (χ2n) is 3.60. The predicted molar refractivity (Wildman–Crippen MR) is 56.2 cm³/mol. The van der Waals surface area contributed by atoms with Crippen LogP contribution in [0.4, 0.5) is 0 Å². The molecule has 0 radical (unpaired) electrons. The van der Waals surface area contributed by atoms with Crippen LogP contribution in [-0.4, -0.2) is 23.5 Å². The van der Waals surface area contributed by atoms with Crippen molar-refractivity contribution >= 4 is 5.71 Å². The summed E-state index contributed by atoms with van der Waals surface area (Å²) >= 11 is 0. The Morgan fingerprint density at radius 3 is 3.15 bits per heavy atom. The first-order chi connectivity index (χ1) is 6.36. The van der Waals surface area contributed by atoms with Crippen molar-refractivity contribution in [1.29, 1.82) is 0 Å². The summed E-state index contributed by atoms with van der Waals surface area (Å²) in [6, 6.07) is 0.187. The van der Waals surface area contributed by atoms with Gasteiger partial charge in [0.05, 0.1) is 12.6 Å². The molecule has 0 spiro atoms. The minimum absolute atomic E-state index is 0.187. The molecule has 0 aromatic heterocycles. The van der Waals surface area contributed by atoms with Crippen LogP contribution in [-0.2, 0) is 0 Å². The summed E-state index contributed by atoms with van der Waals surface area (Å²) in [4.78, 5) is 4.50. The van der Waals surface area contributed by atoms with E-state index in [0.29, 0.717) is 0 Å². The van der Waals surface area contributed by atoms with Gasteiger partial charge in [0.15, 0.2) is 0 Å². The molecule has 1 N–H and O–H groups in total. The molecule has 0 aromatic rings. The van der Waals surface area contributed by atoms with Gasteiger partial charge < -0.3 is 5.11 Å². The minimum atomic E-state index is 0.187. The van der Waals surface area contributed by atoms with Crippen LogP contribution in [0.5, 0.6) is 0 Å². The standard InChI is InChI=1S/C11H19NO/c1-2-3-4-6-10-7-5-8-11(9-13)12-10/h2,11,13H,1,3-9H2. The maximum atomic E-state index is 8.96. The quantitative estimate of drug-likeness (QED) is 0.512. The molecule has 74 valence electrons. The van der Waals surface area contributed by atoms with Crippen LogP contribution in [0.15, 0.2) is 17.6 Å². The van der Waals surface area contributed by atoms with Gasteiger partial charge in [0.25, 0.3) is 0 Å². The van der Waals surface area contributed by atoms with Gasteiger partial charge in [-0.25, -0.2) is 0 Å². The van der Waals surface area contributed by atoms with Crippen LogP contribution in [0.1, 0.15) is 38.5 Å². The molecule has 1 heterocycles. The van der Waals surface area contributed by atoms with E-state index in [-0.39, 0.29) is 12.6 Å². The van der Waals surface area contributed by atoms with Crippen LogP contribution in [0, 0.1) is 0 Å². The van der Waals surface area contributed by atoms with Gasteiger partial charge in [-0.2, -0.15) is 0 Å². The fourth-order valence-electron chi connectivity index (χ4n) is 1.70. The zero-order chi connectivity index (χ0) is 9.52. The Morgan fingerprint density at radius 2 is 2.46 bits per heavy atom. The summed E-state index contributed by atoms with van der Waals surface area (Å²) in [5.41, 5.74) is 1.30. The van der Waals surface area contributed by atoms with E-state index in [1.165, 1.54) is 12.1 Å². The van der Waals surface area contributed by atoms with Crippen molar-refractivity contribution in [3.05, 3.63) is 12.7 Å². The number of hydrogen-bond acceptors (Lipinski definition) is 2. The summed E-state index contributed by atoms with van der Waals surface area (Å²) < 4.78 is 0. The monoisotopic (exact) mass is 181 g/mol. The zero-order valence-corrected chi connectivity index (χ0v) is 8.21. The number of allylic oxidation sites excluding steroid dienone is 1. The van der Waals surface area contributed by atoms with Crippen LogP contribution in [0.3, 0.4) is 0 Å². The Kier molecular flexibility index (Phi) is 4.76. The van der Waals surface area contributed by atoms with Gasteiger partial charge >= 0.3 is 0 Å². The Balaban J connectivity index is 2.30. The molecule has 1 atom stereocenters. The average Bonchev–Trinajstić information content (AvgIpc) is 2.19. The lowest BCUT2D eigenvalue weighted by Crippen LogP contribution is -2.18. The van der Waals surface area contributed by atoms with E-state index >= 15 is 0 Å². The van der Waals surface area contributed by atoms with E-state index in [9.17, 15) is 0 Å². The Morgan fingerprint density at radius 1 is 1.62 bits per heavy atom. The highest BCUT2D eigenvalue weighted by Crippen LogP contribution is 2.16. The molecule has 13 heavy (non-hydrogen) atoms. The third-order valence-electron chi connectivity index (χ3n) is 2.45. The second kappa shape index (κ2) is 5.92. The largest absolute Gasteiger partial charge is 0.394 e. The Labute approximate surface area is 80.4 Å². The molecule has 0 amide bonds. The summed E-state index contributed by atoms with van der Waals surface area (Å²) in [7, 11) is 0. The maximum Gasteiger partial charge on any atom is 0.0729 e. The summed E-state index contributed by atoms with van der Waals surface area (Å²) in [5, 5.41) is 8.96. The van der Waals surface area contributed by atoms with Crippen LogP contribution < -0.4 is 0 Å². The zero-order valence-electron chi connectivity index (χ0n) is 8.21. The molecule has 1 aliphatic heterocycles. The van der Waals surface area contributed by atoms with Gasteiger partial charge in [-0.15, -0.1) is 6.58 Å². The molecular weight excluding hydrogens is 162 g/mol. The van der Waals surface area contributed by atoms with E-state index in [1.54, 1.807) is 0 Å². The molecule has 0 saturated heterocycles. The first-order valence-corrected chi connectivity index (χ1v) is 5.14. The van der Waals surface area contributed by atoms with Crippen LogP contribution in [0.25, 0.3) is 0 Å². The van der Waals surface area contributed by atoms with Gasteiger partial charge in [0.2, 0.25) is 0 Å². The number of aliphatic imine (C=N–C) groups is 1. The highest BCUT2D eigenvalue weighted by Gasteiger charge is 2.13. The van der Waals surface area contributed by atoms with Gasteiger partial charge in [-0.1, -0.05) is 6.08 Å². The topological polar surface area (TPSA) is 32.6 Å². The fraction of sp³-hybridized carbons (Fsp3) is 0.727. The second-order valence-corrected chi connectivity index (χ2v) is 3.60. The van der Waals surface area contributed by atoms with Crippen molar-refractivity contribution in [1.82, 2.24) is 0 Å². The Hall–Kier alpha value is -0.630. The van der Waals surface area contributed by atoms with Crippen molar-refractivity contribution in [3.63, 3.8) is 0 Å². The van der Waals surface area contributed by atoms with Gasteiger partial charge in [0, 0.05) is 5.71 Å². The lowest BCUT2D eigenvalue weighted by Gasteiger charge is -2.18. The third-order valence-corrected chi connectivity index (χ3v) is 2.45. The van der Waals surface area contributed by atoms with Gasteiger partial charge in [-0.05, 0) is 38.5 Å². The molecule has 2 heteroatoms. The van der Waals surface area contributed by atoms with Crippen molar-refractivity contribution in [2.24, 2.45) is 4.99 Å². The maximum absolute atomic E-state index is 8.96. The average molecular weight is 181 g/mol. The minimum Gasteiger partial charge on any atom is -0.394 e. The smallest absolute Gasteiger partial charge is 0.0729 e. The number of rotatable bonds is 5. The SMILES string of the molecule is C=CCCCC1=NC(CO)CCC1. The third kappa shape index (κ3) is 3.73. The molecular formula is C11H19NO. The highest BCUT2D eigenvalue weighted by molar-refractivity contribution is 5.85. The molecule has 1 unspecified atom stereocenters. The normalized spacial score (nSPS) is 22.5. The van der Waals surface area contributed by atoms with Crippen molar-refractivity contribution < 1.29 is 5.11 Å². The Bertz CT molecular complexity index is 187. The molecule has 0 bridgehead atoms. The van der Waals surface area contributed by atoms with E-state index in [2.05, 4.69) is 11.6 Å². The van der Waals surface area contributed by atoms with E-state index < -0.39 is 0 Å². The van der Waals surface area contributed by atoms with E-state index in [1.807, 2.05) is 6.08 Å². The predicted octanol–water partition coefficient (Wildman–Crippen LogP) is 2.33. The number of unbranched alkanes of at least 4 members (excludes halogenated alkanes) is 1. The molecule has 0 saturated carbocycles. The van der Waals surface area contributed by atoms with Crippen molar-refractivity contribution in [2.45, 2.75) is 44.6 Å². The molecule has 1 rings (SSSR count). The number of hydrogen-bond donors (Lipinski definition) is 1. The fourth-order valence-corrected chi connectivity index (χ4v) is 1.70. The van der Waals surface area contributed by atoms with Gasteiger partial charge in [0.1, 0.15) is 0 Å². The van der Waals surface area contributed by atoms with E-state index in [0.717, 1.165) is 32.1 Å². The summed E-state index contributed by atoms with van der Waals surface area (Å²) in [5.74, 6) is 0. The van der Waals surface area contributed by atoms with Crippen LogP contribution in [0.2, 0.25) is 0 Å².